The molecule has 5 N–H and O–H groups in total. The van der Waals surface area contributed by atoms with E-state index >= 15 is 0 Å². The van der Waals surface area contributed by atoms with Gasteiger partial charge in [0.1, 0.15) is 6.04 Å². The summed E-state index contributed by atoms with van der Waals surface area (Å²) >= 11 is 0. The second-order valence-corrected chi connectivity index (χ2v) is 3.81. The topological polar surface area (TPSA) is 122 Å². The van der Waals surface area contributed by atoms with E-state index in [2.05, 4.69) is 10.6 Å². The number of hydrogen-bond acceptors (Lipinski definition) is 3. The van der Waals surface area contributed by atoms with Crippen molar-refractivity contribution in [1.82, 2.24) is 10.6 Å². The second kappa shape index (κ2) is 6.65. The minimum absolute atomic E-state index is 0.255. The van der Waals surface area contributed by atoms with E-state index in [0.29, 0.717) is 6.54 Å². The number of carbonyl (C=O) groups is 3. The number of carboxylic acid groups (broad SMARTS) is 1. The third-order valence-electron chi connectivity index (χ3n) is 1.68. The number of amides is 3. The first-order valence-corrected chi connectivity index (χ1v) is 4.88. The predicted octanol–water partition coefficient (Wildman–Crippen LogP) is -0.730. The van der Waals surface area contributed by atoms with Crippen LogP contribution in [0.5, 0.6) is 0 Å². The monoisotopic (exact) mass is 231 g/mol. The summed E-state index contributed by atoms with van der Waals surface area (Å²) in [7, 11) is 0. The zero-order valence-electron chi connectivity index (χ0n) is 9.32. The normalized spacial score (nSPS) is 11.9. The smallest absolute Gasteiger partial charge is 0.326 e. The Kier molecular flexibility index (Phi) is 5.91. The predicted molar refractivity (Wildman–Crippen MR) is 56.6 cm³/mol. The molecule has 92 valence electrons. The Morgan fingerprint density at radius 1 is 1.31 bits per heavy atom. The second-order valence-electron chi connectivity index (χ2n) is 3.81. The molecule has 0 aliphatic carbocycles. The van der Waals surface area contributed by atoms with Crippen molar-refractivity contribution in [2.24, 2.45) is 11.7 Å². The molecular formula is C9H17N3O4. The van der Waals surface area contributed by atoms with Gasteiger partial charge in [-0.25, -0.2) is 9.59 Å². The molecule has 0 radical (unpaired) electrons. The molecule has 16 heavy (non-hydrogen) atoms. The van der Waals surface area contributed by atoms with E-state index < -0.39 is 30.4 Å². The average Bonchev–Trinajstić information content (AvgIpc) is 2.12. The first-order valence-electron chi connectivity index (χ1n) is 4.88. The number of carbonyl (C=O) groups excluding carboxylic acids is 2. The van der Waals surface area contributed by atoms with Crippen molar-refractivity contribution in [2.45, 2.75) is 26.3 Å². The summed E-state index contributed by atoms with van der Waals surface area (Å²) in [5.74, 6) is -1.82. The first-order chi connectivity index (χ1) is 7.32. The molecule has 3 amide bonds. The minimum atomic E-state index is -1.29. The molecule has 0 aromatic carbocycles. The van der Waals surface area contributed by atoms with Crippen LogP contribution in [0.15, 0.2) is 0 Å². The maximum Gasteiger partial charge on any atom is 0.326 e. The molecule has 0 aliphatic rings. The van der Waals surface area contributed by atoms with Gasteiger partial charge in [-0.2, -0.15) is 0 Å². The highest BCUT2D eigenvalue weighted by Crippen LogP contribution is 1.92. The lowest BCUT2D eigenvalue weighted by Gasteiger charge is -2.14. The summed E-state index contributed by atoms with van der Waals surface area (Å²) in [4.78, 5) is 32.4. The van der Waals surface area contributed by atoms with E-state index in [4.69, 9.17) is 10.8 Å². The zero-order valence-corrected chi connectivity index (χ0v) is 9.32. The Morgan fingerprint density at radius 3 is 2.25 bits per heavy atom. The van der Waals surface area contributed by atoms with Gasteiger partial charge in [-0.1, -0.05) is 13.8 Å². The quantitative estimate of drug-likeness (QED) is 0.481. The highest BCUT2D eigenvalue weighted by atomic mass is 16.4. The number of urea groups is 1. The molecule has 7 heteroatoms. The van der Waals surface area contributed by atoms with E-state index in [9.17, 15) is 14.4 Å². The Labute approximate surface area is 93.4 Å². The lowest BCUT2D eigenvalue weighted by Crippen LogP contribution is -2.48. The molecule has 0 spiro atoms. The van der Waals surface area contributed by atoms with Crippen LogP contribution in [0.1, 0.15) is 20.3 Å². The maximum atomic E-state index is 11.2. The van der Waals surface area contributed by atoms with Crippen molar-refractivity contribution in [3.63, 3.8) is 0 Å². The van der Waals surface area contributed by atoms with Crippen molar-refractivity contribution >= 4 is 17.9 Å². The van der Waals surface area contributed by atoms with Crippen LogP contribution in [0.4, 0.5) is 4.79 Å². The van der Waals surface area contributed by atoms with E-state index in [0.717, 1.165) is 0 Å². The molecule has 0 bridgehead atoms. The summed E-state index contributed by atoms with van der Waals surface area (Å²) in [6.45, 7) is 4.23. The van der Waals surface area contributed by atoms with Crippen LogP contribution in [-0.4, -0.2) is 35.6 Å². The lowest BCUT2D eigenvalue weighted by atomic mass is 10.2. The fraction of sp³-hybridized carbons (Fsp3) is 0.667. The van der Waals surface area contributed by atoms with E-state index in [1.165, 1.54) is 0 Å². The average molecular weight is 231 g/mol. The van der Waals surface area contributed by atoms with Crippen LogP contribution in [-0.2, 0) is 9.59 Å². The molecule has 0 heterocycles. The van der Waals surface area contributed by atoms with Gasteiger partial charge in [0, 0.05) is 6.54 Å². The lowest BCUT2D eigenvalue weighted by molar-refractivity contribution is -0.140. The van der Waals surface area contributed by atoms with Crippen molar-refractivity contribution in [2.75, 3.05) is 6.54 Å². The first kappa shape index (κ1) is 14.2. The van der Waals surface area contributed by atoms with E-state index in [1.807, 2.05) is 13.8 Å². The van der Waals surface area contributed by atoms with Crippen LogP contribution in [0, 0.1) is 5.92 Å². The van der Waals surface area contributed by atoms with Crippen LogP contribution in [0.25, 0.3) is 0 Å². The van der Waals surface area contributed by atoms with E-state index in [1.54, 1.807) is 0 Å². The standard InChI is InChI=1S/C9H17N3O4/c1-5(2)4-11-9(16)12-6(8(14)15)3-7(10)13/h5-6H,3-4H2,1-2H3,(H2,10,13)(H,14,15)(H2,11,12,16)/t6-/m1/s1. The molecule has 0 aliphatic heterocycles. The Hall–Kier alpha value is -1.79. The summed E-state index contributed by atoms with van der Waals surface area (Å²) < 4.78 is 0. The molecule has 0 aromatic rings. The third-order valence-corrected chi connectivity index (χ3v) is 1.68. The Balaban J connectivity index is 4.13. The van der Waals surface area contributed by atoms with Gasteiger partial charge >= 0.3 is 12.0 Å². The van der Waals surface area contributed by atoms with Gasteiger partial charge in [0.05, 0.1) is 6.42 Å². The SMILES string of the molecule is CC(C)CNC(=O)N[C@H](CC(N)=O)C(=O)O. The van der Waals surface area contributed by atoms with Gasteiger partial charge < -0.3 is 21.5 Å². The molecule has 0 aromatic heterocycles. The molecule has 0 fully saturated rings. The summed E-state index contributed by atoms with van der Waals surface area (Å²) in [5.41, 5.74) is 4.86. The number of nitrogens with one attached hydrogen (secondary N) is 2. The third kappa shape index (κ3) is 6.63. The molecule has 0 saturated heterocycles. The number of rotatable bonds is 6. The zero-order chi connectivity index (χ0) is 12.7. The molecule has 7 nitrogen and oxygen atoms in total. The molecular weight excluding hydrogens is 214 g/mol. The number of hydrogen-bond donors (Lipinski definition) is 4. The molecule has 0 saturated carbocycles. The van der Waals surface area contributed by atoms with Gasteiger partial charge in [0.15, 0.2) is 0 Å². The number of nitrogens with two attached hydrogens (primary N) is 1. The number of aliphatic carboxylic acids is 1. The van der Waals surface area contributed by atoms with Crippen LogP contribution in [0.2, 0.25) is 0 Å². The van der Waals surface area contributed by atoms with Gasteiger partial charge in [-0.05, 0) is 5.92 Å². The number of carboxylic acids is 1. The Bertz CT molecular complexity index is 278. The van der Waals surface area contributed by atoms with Gasteiger partial charge in [-0.15, -0.1) is 0 Å². The highest BCUT2D eigenvalue weighted by Gasteiger charge is 2.21. The van der Waals surface area contributed by atoms with Gasteiger partial charge in [-0.3, -0.25) is 4.79 Å². The highest BCUT2D eigenvalue weighted by molar-refractivity contribution is 5.87. The fourth-order valence-corrected chi connectivity index (χ4v) is 0.907. The van der Waals surface area contributed by atoms with Crippen molar-refractivity contribution in [3.05, 3.63) is 0 Å². The van der Waals surface area contributed by atoms with Crippen molar-refractivity contribution in [3.8, 4) is 0 Å². The Morgan fingerprint density at radius 2 is 1.88 bits per heavy atom. The van der Waals surface area contributed by atoms with Gasteiger partial charge in [0.25, 0.3) is 0 Å². The van der Waals surface area contributed by atoms with Crippen LogP contribution >= 0.6 is 0 Å². The largest absolute Gasteiger partial charge is 0.480 e. The van der Waals surface area contributed by atoms with Crippen molar-refractivity contribution in [1.29, 1.82) is 0 Å². The van der Waals surface area contributed by atoms with Crippen LogP contribution in [0.3, 0.4) is 0 Å². The van der Waals surface area contributed by atoms with Crippen molar-refractivity contribution < 1.29 is 19.5 Å². The van der Waals surface area contributed by atoms with Crippen LogP contribution < -0.4 is 16.4 Å². The maximum absolute atomic E-state index is 11.2. The molecule has 0 rings (SSSR count). The minimum Gasteiger partial charge on any atom is -0.480 e. The number of primary amides is 1. The summed E-state index contributed by atoms with van der Waals surface area (Å²) in [6.07, 6.45) is -0.426. The summed E-state index contributed by atoms with van der Waals surface area (Å²) in [6, 6.07) is -1.91. The van der Waals surface area contributed by atoms with E-state index in [-0.39, 0.29) is 5.92 Å². The molecule has 0 unspecified atom stereocenters. The molecule has 1 atom stereocenters. The van der Waals surface area contributed by atoms with Gasteiger partial charge in [0.2, 0.25) is 5.91 Å². The fourth-order valence-electron chi connectivity index (χ4n) is 0.907. The summed E-state index contributed by atoms with van der Waals surface area (Å²) in [5, 5.41) is 13.3.